The van der Waals surface area contributed by atoms with Crippen molar-refractivity contribution >= 4 is 17.3 Å². The lowest BCUT2D eigenvalue weighted by Crippen LogP contribution is -2.44. The van der Waals surface area contributed by atoms with Crippen LogP contribution in [0.5, 0.6) is 0 Å². The zero-order chi connectivity index (χ0) is 11.8. The molecule has 1 unspecified atom stereocenters. The fraction of sp³-hybridized carbons (Fsp3) is 0.636. The molecular formula is C11H16N2O2S. The first-order chi connectivity index (χ1) is 7.46. The second kappa shape index (κ2) is 4.14. The van der Waals surface area contributed by atoms with Gasteiger partial charge in [-0.05, 0) is 20.8 Å². The first kappa shape index (κ1) is 11.5. The van der Waals surface area contributed by atoms with Crippen molar-refractivity contribution < 1.29 is 9.53 Å². The van der Waals surface area contributed by atoms with Gasteiger partial charge in [-0.1, -0.05) is 0 Å². The number of thiazole rings is 1. The van der Waals surface area contributed by atoms with Gasteiger partial charge in [0.15, 0.2) is 0 Å². The van der Waals surface area contributed by atoms with Crippen LogP contribution in [-0.2, 0) is 22.5 Å². The molecule has 0 saturated heterocycles. The smallest absolute Gasteiger partial charge is 0.324 e. The van der Waals surface area contributed by atoms with Crippen molar-refractivity contribution in [2.45, 2.75) is 45.4 Å². The molecule has 1 aromatic rings. The first-order valence-electron chi connectivity index (χ1n) is 5.33. The summed E-state index contributed by atoms with van der Waals surface area (Å²) in [6, 6.07) is -0.256. The van der Waals surface area contributed by atoms with E-state index in [-0.39, 0.29) is 12.0 Å². The van der Waals surface area contributed by atoms with Crippen molar-refractivity contribution in [3.8, 4) is 0 Å². The maximum absolute atomic E-state index is 11.8. The highest BCUT2D eigenvalue weighted by Gasteiger charge is 2.29. The van der Waals surface area contributed by atoms with Crippen LogP contribution < -0.4 is 5.32 Å². The van der Waals surface area contributed by atoms with Gasteiger partial charge in [-0.25, -0.2) is 4.98 Å². The summed E-state index contributed by atoms with van der Waals surface area (Å²) < 4.78 is 5.34. The third-order valence-electron chi connectivity index (χ3n) is 2.32. The van der Waals surface area contributed by atoms with Crippen molar-refractivity contribution in [3.05, 3.63) is 16.1 Å². The molecule has 5 heteroatoms. The van der Waals surface area contributed by atoms with Gasteiger partial charge in [0.2, 0.25) is 0 Å². The molecule has 0 fully saturated rings. The molecule has 1 aromatic heterocycles. The number of nitrogens with one attached hydrogen (secondary N) is 1. The topological polar surface area (TPSA) is 51.2 Å². The van der Waals surface area contributed by atoms with Gasteiger partial charge in [0.25, 0.3) is 0 Å². The highest BCUT2D eigenvalue weighted by molar-refractivity contribution is 7.09. The maximum Gasteiger partial charge on any atom is 0.324 e. The highest BCUT2D eigenvalue weighted by Crippen LogP contribution is 2.20. The monoisotopic (exact) mass is 240 g/mol. The van der Waals surface area contributed by atoms with Gasteiger partial charge < -0.3 is 4.74 Å². The molecule has 0 radical (unpaired) electrons. The number of carbonyl (C=O) groups is 1. The van der Waals surface area contributed by atoms with E-state index in [4.69, 9.17) is 4.74 Å². The fourth-order valence-corrected chi connectivity index (χ4v) is 2.37. The van der Waals surface area contributed by atoms with E-state index < -0.39 is 5.60 Å². The number of nitrogens with zero attached hydrogens (tertiary/aromatic N) is 1. The van der Waals surface area contributed by atoms with Crippen LogP contribution in [0.15, 0.2) is 5.51 Å². The van der Waals surface area contributed by atoms with E-state index in [2.05, 4.69) is 10.3 Å². The van der Waals surface area contributed by atoms with E-state index in [1.54, 1.807) is 11.3 Å². The Hall–Kier alpha value is -0.940. The first-order valence-corrected chi connectivity index (χ1v) is 6.21. The Morgan fingerprint density at radius 3 is 3.06 bits per heavy atom. The SMILES string of the molecule is CC(C)(C)OC(=O)C1Cc2ncsc2CN1. The van der Waals surface area contributed by atoms with E-state index in [9.17, 15) is 4.79 Å². The Labute approximate surface area is 99.0 Å². The Bertz CT molecular complexity index is 395. The molecule has 2 rings (SSSR count). The van der Waals surface area contributed by atoms with Crippen LogP contribution >= 0.6 is 11.3 Å². The summed E-state index contributed by atoms with van der Waals surface area (Å²) in [4.78, 5) is 17.3. The lowest BCUT2D eigenvalue weighted by molar-refractivity contribution is -0.157. The summed E-state index contributed by atoms with van der Waals surface area (Å²) in [6.07, 6.45) is 0.633. The quantitative estimate of drug-likeness (QED) is 0.756. The number of ether oxygens (including phenoxy) is 1. The second-order valence-corrected chi connectivity index (χ2v) is 5.83. The molecule has 0 aliphatic carbocycles. The minimum absolute atomic E-state index is 0.189. The minimum Gasteiger partial charge on any atom is -0.459 e. The molecule has 4 nitrogen and oxygen atoms in total. The highest BCUT2D eigenvalue weighted by atomic mass is 32.1. The molecule has 88 valence electrons. The number of aromatic nitrogens is 1. The molecule has 1 atom stereocenters. The van der Waals surface area contributed by atoms with E-state index in [1.165, 1.54) is 4.88 Å². The van der Waals surface area contributed by atoms with Gasteiger partial charge >= 0.3 is 5.97 Å². The van der Waals surface area contributed by atoms with E-state index in [1.807, 2.05) is 26.3 Å². The van der Waals surface area contributed by atoms with Gasteiger partial charge in [-0.3, -0.25) is 10.1 Å². The summed E-state index contributed by atoms with van der Waals surface area (Å²) >= 11 is 1.63. The lowest BCUT2D eigenvalue weighted by Gasteiger charge is -2.26. The molecule has 0 bridgehead atoms. The minimum atomic E-state index is -0.429. The average Bonchev–Trinajstić information content (AvgIpc) is 2.61. The van der Waals surface area contributed by atoms with Crippen LogP contribution in [-0.4, -0.2) is 22.6 Å². The van der Waals surface area contributed by atoms with E-state index in [0.717, 1.165) is 5.69 Å². The summed E-state index contributed by atoms with van der Waals surface area (Å²) in [5.41, 5.74) is 2.42. The fourth-order valence-electron chi connectivity index (χ4n) is 1.62. The number of rotatable bonds is 1. The normalized spacial score (nSPS) is 20.3. The lowest BCUT2D eigenvalue weighted by atomic mass is 10.1. The largest absolute Gasteiger partial charge is 0.459 e. The predicted molar refractivity (Wildman–Crippen MR) is 62.3 cm³/mol. The molecule has 0 aromatic carbocycles. The van der Waals surface area contributed by atoms with Gasteiger partial charge in [-0.15, -0.1) is 11.3 Å². The van der Waals surface area contributed by atoms with Gasteiger partial charge in [0.1, 0.15) is 11.6 Å². The number of hydrogen-bond donors (Lipinski definition) is 1. The Morgan fingerprint density at radius 2 is 2.38 bits per heavy atom. The molecule has 1 aliphatic heterocycles. The van der Waals surface area contributed by atoms with Crippen molar-refractivity contribution in [1.29, 1.82) is 0 Å². The van der Waals surface area contributed by atoms with Crippen LogP contribution in [0.1, 0.15) is 31.3 Å². The van der Waals surface area contributed by atoms with Crippen molar-refractivity contribution in [1.82, 2.24) is 10.3 Å². The van der Waals surface area contributed by atoms with Crippen molar-refractivity contribution in [3.63, 3.8) is 0 Å². The molecule has 16 heavy (non-hydrogen) atoms. The van der Waals surface area contributed by atoms with Crippen LogP contribution in [0, 0.1) is 0 Å². The summed E-state index contributed by atoms with van der Waals surface area (Å²) in [7, 11) is 0. The van der Waals surface area contributed by atoms with Gasteiger partial charge in [0.05, 0.1) is 11.2 Å². The summed E-state index contributed by atoms with van der Waals surface area (Å²) in [6.45, 7) is 6.34. The molecular weight excluding hydrogens is 224 g/mol. The maximum atomic E-state index is 11.8. The summed E-state index contributed by atoms with van der Waals surface area (Å²) in [5.74, 6) is -0.189. The van der Waals surface area contributed by atoms with Gasteiger partial charge in [0, 0.05) is 17.8 Å². The number of fused-ring (bicyclic) bond motifs is 1. The molecule has 2 heterocycles. The third kappa shape index (κ3) is 2.59. The zero-order valence-corrected chi connectivity index (χ0v) is 10.6. The number of hydrogen-bond acceptors (Lipinski definition) is 5. The second-order valence-electron chi connectivity index (χ2n) is 4.89. The van der Waals surface area contributed by atoms with E-state index >= 15 is 0 Å². The molecule has 0 amide bonds. The van der Waals surface area contributed by atoms with Crippen LogP contribution in [0.25, 0.3) is 0 Å². The third-order valence-corrected chi connectivity index (χ3v) is 3.20. The standard InChI is InChI=1S/C11H16N2O2S/c1-11(2,3)15-10(14)8-4-7-9(5-12-8)16-6-13-7/h6,8,12H,4-5H2,1-3H3. The van der Waals surface area contributed by atoms with Crippen LogP contribution in [0.3, 0.4) is 0 Å². The molecule has 0 saturated carbocycles. The van der Waals surface area contributed by atoms with Crippen LogP contribution in [0.2, 0.25) is 0 Å². The predicted octanol–water partition coefficient (Wildman–Crippen LogP) is 1.50. The van der Waals surface area contributed by atoms with Crippen molar-refractivity contribution in [2.75, 3.05) is 0 Å². The molecule has 0 spiro atoms. The van der Waals surface area contributed by atoms with E-state index in [0.29, 0.717) is 13.0 Å². The average molecular weight is 240 g/mol. The zero-order valence-electron chi connectivity index (χ0n) is 9.74. The number of carbonyl (C=O) groups excluding carboxylic acids is 1. The number of esters is 1. The van der Waals surface area contributed by atoms with Crippen molar-refractivity contribution in [2.24, 2.45) is 0 Å². The Morgan fingerprint density at radius 1 is 1.62 bits per heavy atom. The summed E-state index contributed by atoms with van der Waals surface area (Å²) in [5, 5.41) is 3.18. The Balaban J connectivity index is 2.01. The molecule has 1 aliphatic rings. The van der Waals surface area contributed by atoms with Crippen LogP contribution in [0.4, 0.5) is 0 Å². The molecule has 1 N–H and O–H groups in total. The van der Waals surface area contributed by atoms with Gasteiger partial charge in [-0.2, -0.15) is 0 Å². The Kier molecular flexibility index (Phi) is 2.99.